The lowest BCUT2D eigenvalue weighted by atomic mass is 10.2. The highest BCUT2D eigenvalue weighted by atomic mass is 16.5. The van der Waals surface area contributed by atoms with Gasteiger partial charge in [-0.3, -0.25) is 9.78 Å². The van der Waals surface area contributed by atoms with E-state index in [1.165, 1.54) is 12.5 Å². The van der Waals surface area contributed by atoms with E-state index in [4.69, 9.17) is 0 Å². The number of anilines is 2. The van der Waals surface area contributed by atoms with E-state index in [0.717, 1.165) is 13.0 Å². The van der Waals surface area contributed by atoms with Gasteiger partial charge in [0.1, 0.15) is 12.0 Å². The van der Waals surface area contributed by atoms with Gasteiger partial charge in [0.15, 0.2) is 0 Å². The Hall–Kier alpha value is -2.37. The standard InChI is InChI=1S/C12H14N4O2/c1-2-4-14-11-7-13-5-3-10(11)12(17)16-9-6-15-18-8-9/h3,5-8,14H,2,4H2,1H3,(H,16,17). The van der Waals surface area contributed by atoms with Crippen LogP contribution in [-0.2, 0) is 0 Å². The zero-order valence-corrected chi connectivity index (χ0v) is 10.0. The van der Waals surface area contributed by atoms with Crippen molar-refractivity contribution in [3.05, 3.63) is 36.5 Å². The molecule has 0 aliphatic heterocycles. The molecular formula is C12H14N4O2. The zero-order valence-electron chi connectivity index (χ0n) is 10.0. The summed E-state index contributed by atoms with van der Waals surface area (Å²) in [5.41, 5.74) is 1.78. The lowest BCUT2D eigenvalue weighted by Gasteiger charge is -2.09. The second kappa shape index (κ2) is 5.81. The Bertz CT molecular complexity index is 511. The second-order valence-electron chi connectivity index (χ2n) is 3.72. The molecular weight excluding hydrogens is 232 g/mol. The molecule has 0 aliphatic carbocycles. The van der Waals surface area contributed by atoms with Crippen molar-refractivity contribution in [3.8, 4) is 0 Å². The minimum atomic E-state index is -0.223. The van der Waals surface area contributed by atoms with Crippen molar-refractivity contribution in [2.45, 2.75) is 13.3 Å². The summed E-state index contributed by atoms with van der Waals surface area (Å²) in [5.74, 6) is -0.223. The number of carbonyl (C=O) groups is 1. The highest BCUT2D eigenvalue weighted by Crippen LogP contribution is 2.15. The Morgan fingerprint density at radius 1 is 1.44 bits per heavy atom. The molecule has 0 aromatic carbocycles. The number of hydrogen-bond donors (Lipinski definition) is 2. The lowest BCUT2D eigenvalue weighted by Crippen LogP contribution is -2.15. The van der Waals surface area contributed by atoms with Crippen LogP contribution in [0.2, 0.25) is 0 Å². The average Bonchev–Trinajstić information content (AvgIpc) is 2.89. The molecule has 6 heteroatoms. The van der Waals surface area contributed by atoms with E-state index < -0.39 is 0 Å². The molecule has 0 radical (unpaired) electrons. The lowest BCUT2D eigenvalue weighted by molar-refractivity contribution is 0.102. The van der Waals surface area contributed by atoms with Gasteiger partial charge in [-0.05, 0) is 12.5 Å². The average molecular weight is 246 g/mol. The van der Waals surface area contributed by atoms with E-state index in [-0.39, 0.29) is 5.91 Å². The van der Waals surface area contributed by atoms with Crippen molar-refractivity contribution in [2.24, 2.45) is 0 Å². The summed E-state index contributed by atoms with van der Waals surface area (Å²) in [7, 11) is 0. The number of pyridine rings is 1. The van der Waals surface area contributed by atoms with Crippen LogP contribution >= 0.6 is 0 Å². The minimum absolute atomic E-state index is 0.223. The SMILES string of the molecule is CCCNc1cnccc1C(=O)Nc1cnoc1. The van der Waals surface area contributed by atoms with Gasteiger partial charge < -0.3 is 15.2 Å². The molecule has 2 aromatic rings. The van der Waals surface area contributed by atoms with Crippen molar-refractivity contribution in [1.82, 2.24) is 10.1 Å². The molecule has 0 unspecified atom stereocenters. The third kappa shape index (κ3) is 2.85. The van der Waals surface area contributed by atoms with Crippen molar-refractivity contribution < 1.29 is 9.32 Å². The number of carbonyl (C=O) groups excluding carboxylic acids is 1. The van der Waals surface area contributed by atoms with E-state index >= 15 is 0 Å². The molecule has 1 amide bonds. The Morgan fingerprint density at radius 3 is 3.06 bits per heavy atom. The van der Waals surface area contributed by atoms with E-state index in [0.29, 0.717) is 16.9 Å². The largest absolute Gasteiger partial charge is 0.383 e. The molecule has 6 nitrogen and oxygen atoms in total. The molecule has 94 valence electrons. The summed E-state index contributed by atoms with van der Waals surface area (Å²) in [4.78, 5) is 16.1. The molecule has 0 atom stereocenters. The van der Waals surface area contributed by atoms with Crippen molar-refractivity contribution in [1.29, 1.82) is 0 Å². The molecule has 0 saturated heterocycles. The molecule has 2 aromatic heterocycles. The van der Waals surface area contributed by atoms with Crippen LogP contribution in [0.4, 0.5) is 11.4 Å². The van der Waals surface area contributed by atoms with Crippen LogP contribution in [0.25, 0.3) is 0 Å². The third-order valence-electron chi connectivity index (χ3n) is 2.32. The van der Waals surface area contributed by atoms with Crippen LogP contribution < -0.4 is 10.6 Å². The summed E-state index contributed by atoms with van der Waals surface area (Å²) >= 11 is 0. The Labute approximate surface area is 104 Å². The van der Waals surface area contributed by atoms with E-state index in [9.17, 15) is 4.79 Å². The first-order chi connectivity index (χ1) is 8.81. The molecule has 0 saturated carbocycles. The fourth-order valence-corrected chi connectivity index (χ4v) is 1.46. The number of amides is 1. The van der Waals surface area contributed by atoms with Crippen molar-refractivity contribution in [2.75, 3.05) is 17.2 Å². The predicted molar refractivity (Wildman–Crippen MR) is 67.5 cm³/mol. The fourth-order valence-electron chi connectivity index (χ4n) is 1.46. The monoisotopic (exact) mass is 246 g/mol. The van der Waals surface area contributed by atoms with E-state index in [2.05, 4.69) is 32.2 Å². The van der Waals surface area contributed by atoms with Gasteiger partial charge in [0.05, 0.1) is 23.6 Å². The van der Waals surface area contributed by atoms with Crippen LogP contribution in [0.1, 0.15) is 23.7 Å². The molecule has 0 aliphatic rings. The number of nitrogens with one attached hydrogen (secondary N) is 2. The fraction of sp³-hybridized carbons (Fsp3) is 0.250. The van der Waals surface area contributed by atoms with Gasteiger partial charge in [-0.1, -0.05) is 12.1 Å². The quantitative estimate of drug-likeness (QED) is 0.844. The van der Waals surface area contributed by atoms with Crippen LogP contribution in [0.3, 0.4) is 0 Å². The molecule has 2 heterocycles. The number of hydrogen-bond acceptors (Lipinski definition) is 5. The van der Waals surface area contributed by atoms with Gasteiger partial charge in [0.25, 0.3) is 5.91 Å². The smallest absolute Gasteiger partial charge is 0.258 e. The van der Waals surface area contributed by atoms with Gasteiger partial charge in [-0.25, -0.2) is 0 Å². The van der Waals surface area contributed by atoms with E-state index in [1.54, 1.807) is 18.5 Å². The first kappa shape index (κ1) is 12.1. The zero-order chi connectivity index (χ0) is 12.8. The minimum Gasteiger partial charge on any atom is -0.383 e. The Kier molecular flexibility index (Phi) is 3.90. The molecule has 18 heavy (non-hydrogen) atoms. The maximum absolute atomic E-state index is 12.0. The summed E-state index contributed by atoms with van der Waals surface area (Å²) in [6.07, 6.45) is 7.01. The van der Waals surface area contributed by atoms with Gasteiger partial charge in [0, 0.05) is 12.7 Å². The van der Waals surface area contributed by atoms with Gasteiger partial charge in [-0.2, -0.15) is 0 Å². The molecule has 0 spiro atoms. The van der Waals surface area contributed by atoms with Crippen LogP contribution in [-0.4, -0.2) is 22.6 Å². The number of nitrogens with zero attached hydrogens (tertiary/aromatic N) is 2. The number of aromatic nitrogens is 2. The maximum Gasteiger partial charge on any atom is 0.258 e. The van der Waals surface area contributed by atoms with E-state index in [1.807, 2.05) is 0 Å². The predicted octanol–water partition coefficient (Wildman–Crippen LogP) is 2.14. The normalized spacial score (nSPS) is 10.1. The van der Waals surface area contributed by atoms with Crippen LogP contribution in [0.15, 0.2) is 35.4 Å². The Morgan fingerprint density at radius 2 is 2.33 bits per heavy atom. The first-order valence-electron chi connectivity index (χ1n) is 5.70. The molecule has 2 N–H and O–H groups in total. The second-order valence-corrected chi connectivity index (χ2v) is 3.72. The topological polar surface area (TPSA) is 80.0 Å². The highest BCUT2D eigenvalue weighted by Gasteiger charge is 2.11. The number of rotatable bonds is 5. The summed E-state index contributed by atoms with van der Waals surface area (Å²) in [6, 6.07) is 1.67. The molecule has 2 rings (SSSR count). The van der Waals surface area contributed by atoms with Gasteiger partial charge in [0.2, 0.25) is 0 Å². The Balaban J connectivity index is 2.13. The third-order valence-corrected chi connectivity index (χ3v) is 2.32. The molecule has 0 bridgehead atoms. The highest BCUT2D eigenvalue weighted by molar-refractivity contribution is 6.07. The van der Waals surface area contributed by atoms with Crippen molar-refractivity contribution in [3.63, 3.8) is 0 Å². The summed E-state index contributed by atoms with van der Waals surface area (Å²) in [5, 5.41) is 9.38. The van der Waals surface area contributed by atoms with Crippen molar-refractivity contribution >= 4 is 17.3 Å². The molecule has 0 fully saturated rings. The summed E-state index contributed by atoms with van der Waals surface area (Å²) < 4.78 is 4.65. The van der Waals surface area contributed by atoms with Crippen LogP contribution in [0.5, 0.6) is 0 Å². The van der Waals surface area contributed by atoms with Crippen LogP contribution in [0, 0.1) is 0 Å². The maximum atomic E-state index is 12.0. The summed E-state index contributed by atoms with van der Waals surface area (Å²) in [6.45, 7) is 2.85. The van der Waals surface area contributed by atoms with Gasteiger partial charge in [-0.15, -0.1) is 0 Å². The first-order valence-corrected chi connectivity index (χ1v) is 5.70. The van der Waals surface area contributed by atoms with Gasteiger partial charge >= 0.3 is 0 Å².